The minimum atomic E-state index is -2.29. The summed E-state index contributed by atoms with van der Waals surface area (Å²) in [7, 11) is 0. The van der Waals surface area contributed by atoms with Crippen LogP contribution in [0.3, 0.4) is 0 Å². The summed E-state index contributed by atoms with van der Waals surface area (Å²) in [5.74, 6) is -1.18. The van der Waals surface area contributed by atoms with Crippen LogP contribution in [0, 0.1) is 0 Å². The Balaban J connectivity index is 2.12. The van der Waals surface area contributed by atoms with Gasteiger partial charge >= 0.3 is 0 Å². The molecule has 3 unspecified atom stereocenters. The van der Waals surface area contributed by atoms with Crippen molar-refractivity contribution in [2.45, 2.75) is 17.8 Å². The number of aliphatic hydroxyl groups is 1. The number of rotatable bonds is 6. The predicted molar refractivity (Wildman–Crippen MR) is 83.3 cm³/mol. The van der Waals surface area contributed by atoms with Gasteiger partial charge < -0.3 is 10.4 Å². The van der Waals surface area contributed by atoms with Crippen molar-refractivity contribution in [1.29, 1.82) is 0 Å². The second-order valence-corrected chi connectivity index (χ2v) is 5.26. The van der Waals surface area contributed by atoms with E-state index < -0.39 is 30.4 Å². The molecular weight excluding hydrogens is 326 g/mol. The van der Waals surface area contributed by atoms with Crippen LogP contribution in [0.25, 0.3) is 11.1 Å². The maximum absolute atomic E-state index is 13.0. The number of nitrogens with zero attached hydrogens (tertiary/aromatic N) is 1. The molecule has 122 valence electrons. The third-order valence-corrected chi connectivity index (χ3v) is 3.54. The van der Waals surface area contributed by atoms with E-state index in [0.29, 0.717) is 5.56 Å². The average molecular weight is 341 g/mol. The van der Waals surface area contributed by atoms with E-state index in [2.05, 4.69) is 4.98 Å². The van der Waals surface area contributed by atoms with Crippen LogP contribution in [0.1, 0.15) is 11.7 Å². The number of hydrogen-bond acceptors (Lipinski definition) is 3. The largest absolute Gasteiger partial charge is 0.386 e. The highest BCUT2D eigenvalue weighted by molar-refractivity contribution is 6.29. The fourth-order valence-corrected chi connectivity index (χ4v) is 2.16. The fraction of sp³-hybridized carbons (Fsp3) is 0.250. The highest BCUT2D eigenvalue weighted by atomic mass is 35.5. The van der Waals surface area contributed by atoms with Gasteiger partial charge in [-0.05, 0) is 28.8 Å². The number of aliphatic hydroxyl groups excluding tert-OH is 1. The van der Waals surface area contributed by atoms with Gasteiger partial charge in [0.05, 0.1) is 6.04 Å². The van der Waals surface area contributed by atoms with Crippen molar-refractivity contribution >= 4 is 17.5 Å². The first kappa shape index (κ1) is 17.3. The van der Waals surface area contributed by atoms with Crippen LogP contribution < -0.4 is 5.32 Å². The number of carbonyl (C=O) groups excluding carboxylic acids is 1. The molecule has 0 aliphatic carbocycles. The number of benzene rings is 1. The molecule has 0 fully saturated rings. The molecule has 0 radical (unpaired) electrons. The number of alkyl halides is 3. The first-order valence-corrected chi connectivity index (χ1v) is 7.29. The minimum absolute atomic E-state index is 0.399. The Labute approximate surface area is 137 Å². The average Bonchev–Trinajstić information content (AvgIpc) is 2.59. The van der Waals surface area contributed by atoms with Gasteiger partial charge in [-0.15, -0.1) is 0 Å². The first-order chi connectivity index (χ1) is 11.0. The maximum Gasteiger partial charge on any atom is 0.270 e. The second kappa shape index (κ2) is 7.99. The topological polar surface area (TPSA) is 62.2 Å². The molecular formula is C16H15ClF2N2O2. The smallest absolute Gasteiger partial charge is 0.270 e. The summed E-state index contributed by atoms with van der Waals surface area (Å²) in [5.41, 5.74) is -0.0476. The standard InChI is InChI=1S/C16H15ClF2N2O2/c17-15(19)16(23)21-13(9-18)14(22)12-3-1-10(2-4-12)11-5-7-20-8-6-11/h1-8,13-15,22H,9H2,(H,21,23). The van der Waals surface area contributed by atoms with Crippen LogP contribution in [0.4, 0.5) is 8.78 Å². The van der Waals surface area contributed by atoms with Gasteiger partial charge in [0.15, 0.2) is 0 Å². The summed E-state index contributed by atoms with van der Waals surface area (Å²) in [6.45, 7) is -1.05. The Morgan fingerprint density at radius 3 is 2.26 bits per heavy atom. The summed E-state index contributed by atoms with van der Waals surface area (Å²) in [6.07, 6.45) is 2.00. The van der Waals surface area contributed by atoms with Crippen LogP contribution in [0.2, 0.25) is 0 Å². The molecule has 1 aromatic carbocycles. The summed E-state index contributed by atoms with van der Waals surface area (Å²) >= 11 is 4.98. The molecule has 0 spiro atoms. The van der Waals surface area contributed by atoms with Gasteiger partial charge in [0, 0.05) is 12.4 Å². The molecule has 0 bridgehead atoms. The summed E-state index contributed by atoms with van der Waals surface area (Å²) in [5, 5.41) is 12.2. The van der Waals surface area contributed by atoms with Crippen molar-refractivity contribution in [3.8, 4) is 11.1 Å². The Morgan fingerprint density at radius 1 is 1.17 bits per heavy atom. The van der Waals surface area contributed by atoms with Crippen LogP contribution in [0.5, 0.6) is 0 Å². The van der Waals surface area contributed by atoms with E-state index >= 15 is 0 Å². The van der Waals surface area contributed by atoms with Crippen molar-refractivity contribution in [3.05, 3.63) is 54.4 Å². The van der Waals surface area contributed by atoms with Crippen LogP contribution in [-0.4, -0.2) is 34.3 Å². The lowest BCUT2D eigenvalue weighted by Crippen LogP contribution is -2.43. The third kappa shape index (κ3) is 4.46. The van der Waals surface area contributed by atoms with E-state index in [-0.39, 0.29) is 0 Å². The molecule has 2 N–H and O–H groups in total. The van der Waals surface area contributed by atoms with Crippen molar-refractivity contribution in [1.82, 2.24) is 10.3 Å². The predicted octanol–water partition coefficient (Wildman–Crippen LogP) is 2.77. The SMILES string of the molecule is O=C(NC(CF)C(O)c1ccc(-c2ccncc2)cc1)C(F)Cl. The molecule has 0 aliphatic heterocycles. The van der Waals surface area contributed by atoms with Crippen LogP contribution in [0.15, 0.2) is 48.8 Å². The lowest BCUT2D eigenvalue weighted by Gasteiger charge is -2.22. The van der Waals surface area contributed by atoms with E-state index in [9.17, 15) is 18.7 Å². The summed E-state index contributed by atoms with van der Waals surface area (Å²) in [6, 6.07) is 9.13. The van der Waals surface area contributed by atoms with Crippen LogP contribution >= 0.6 is 11.6 Å². The quantitative estimate of drug-likeness (QED) is 0.795. The van der Waals surface area contributed by atoms with Gasteiger partial charge in [0.25, 0.3) is 11.5 Å². The van der Waals surface area contributed by atoms with Crippen molar-refractivity contribution in [3.63, 3.8) is 0 Å². The lowest BCUT2D eigenvalue weighted by atomic mass is 9.99. The summed E-state index contributed by atoms with van der Waals surface area (Å²) < 4.78 is 25.7. The lowest BCUT2D eigenvalue weighted by molar-refractivity contribution is -0.125. The number of aromatic nitrogens is 1. The monoisotopic (exact) mass is 340 g/mol. The number of nitrogens with one attached hydrogen (secondary N) is 1. The van der Waals surface area contributed by atoms with Crippen LogP contribution in [-0.2, 0) is 4.79 Å². The molecule has 2 aromatic rings. The molecule has 0 saturated heterocycles. The second-order valence-electron chi connectivity index (χ2n) is 4.87. The molecule has 0 aliphatic rings. The van der Waals surface area contributed by atoms with Crippen molar-refractivity contribution in [2.24, 2.45) is 0 Å². The zero-order valence-electron chi connectivity index (χ0n) is 12.0. The number of carbonyl (C=O) groups is 1. The molecule has 2 rings (SSSR count). The van der Waals surface area contributed by atoms with Gasteiger partial charge in [-0.1, -0.05) is 35.9 Å². The van der Waals surface area contributed by atoms with Crippen molar-refractivity contribution < 1.29 is 18.7 Å². The van der Waals surface area contributed by atoms with Gasteiger partial charge in [-0.3, -0.25) is 9.78 Å². The molecule has 1 amide bonds. The molecule has 0 saturated carbocycles. The van der Waals surface area contributed by atoms with Gasteiger partial charge in [0.1, 0.15) is 12.8 Å². The molecule has 4 nitrogen and oxygen atoms in total. The molecule has 3 atom stereocenters. The third-order valence-electron chi connectivity index (χ3n) is 3.34. The Kier molecular flexibility index (Phi) is 6.01. The highest BCUT2D eigenvalue weighted by Crippen LogP contribution is 2.23. The molecule has 23 heavy (non-hydrogen) atoms. The first-order valence-electron chi connectivity index (χ1n) is 6.86. The van der Waals surface area contributed by atoms with E-state index in [4.69, 9.17) is 11.6 Å². The number of pyridine rings is 1. The molecule has 1 aromatic heterocycles. The normalized spacial score (nSPS) is 14.8. The number of hydrogen-bond donors (Lipinski definition) is 2. The number of halogens is 3. The fourth-order valence-electron chi connectivity index (χ4n) is 2.10. The van der Waals surface area contributed by atoms with E-state index in [1.165, 1.54) is 0 Å². The van der Waals surface area contributed by atoms with Gasteiger partial charge in [-0.2, -0.15) is 0 Å². The maximum atomic E-state index is 13.0. The Morgan fingerprint density at radius 2 is 1.74 bits per heavy atom. The van der Waals surface area contributed by atoms with E-state index in [0.717, 1.165) is 11.1 Å². The summed E-state index contributed by atoms with van der Waals surface area (Å²) in [4.78, 5) is 15.1. The highest BCUT2D eigenvalue weighted by Gasteiger charge is 2.25. The van der Waals surface area contributed by atoms with Crippen molar-refractivity contribution in [2.75, 3.05) is 6.67 Å². The molecule has 1 heterocycles. The zero-order valence-corrected chi connectivity index (χ0v) is 12.8. The minimum Gasteiger partial charge on any atom is -0.386 e. The van der Waals surface area contributed by atoms with Gasteiger partial charge in [-0.25, -0.2) is 8.78 Å². The number of amides is 1. The van der Waals surface area contributed by atoms with Gasteiger partial charge in [0.2, 0.25) is 0 Å². The van der Waals surface area contributed by atoms with E-state index in [1.807, 2.05) is 17.4 Å². The Hall–Kier alpha value is -2.05. The zero-order chi connectivity index (χ0) is 16.8. The van der Waals surface area contributed by atoms with E-state index in [1.54, 1.807) is 36.7 Å². The Bertz CT molecular complexity index is 638. The molecule has 7 heteroatoms.